The summed E-state index contributed by atoms with van der Waals surface area (Å²) in [4.78, 5) is 0. The Morgan fingerprint density at radius 2 is 1.50 bits per heavy atom. The third-order valence-corrected chi connectivity index (χ3v) is 3.19. The van der Waals surface area contributed by atoms with E-state index in [1.807, 2.05) is 0 Å². The number of hydrogen-bond donors (Lipinski definition) is 0. The predicted molar refractivity (Wildman–Crippen MR) is 49.0 cm³/mol. The topological polar surface area (TPSA) is 57.2 Å². The van der Waals surface area contributed by atoms with Crippen molar-refractivity contribution in [2.24, 2.45) is 0 Å². The number of alkyl halides is 7. The van der Waals surface area contributed by atoms with Crippen molar-refractivity contribution in [3.63, 3.8) is 0 Å². The molecule has 0 aliphatic rings. The minimum absolute atomic E-state index is 0. The van der Waals surface area contributed by atoms with Crippen LogP contribution in [-0.2, 0) is 10.1 Å². The molecule has 0 amide bonds. The molecule has 0 N–H and O–H groups in total. The largest absolute Gasteiger partial charge is 1.00 e. The summed E-state index contributed by atoms with van der Waals surface area (Å²) in [5, 5.41) is -6.61. The molecular weight excluding hydrogens is 316 g/mol. The van der Waals surface area contributed by atoms with Gasteiger partial charge in [-0.15, -0.1) is 0 Å². The molecule has 0 spiro atoms. The normalized spacial score (nSPS) is 15.7. The Morgan fingerprint density at radius 3 is 1.80 bits per heavy atom. The molecule has 20 heavy (non-hydrogen) atoms. The van der Waals surface area contributed by atoms with Gasteiger partial charge >= 0.3 is 36.0 Å². The van der Waals surface area contributed by atoms with Gasteiger partial charge in [-0.25, -0.2) is 12.8 Å². The van der Waals surface area contributed by atoms with Gasteiger partial charge in [-0.05, 0) is 6.42 Å². The van der Waals surface area contributed by atoms with Gasteiger partial charge in [0.2, 0.25) is 0 Å². The van der Waals surface area contributed by atoms with E-state index in [9.17, 15) is 43.7 Å². The van der Waals surface area contributed by atoms with Crippen molar-refractivity contribution in [3.8, 4) is 0 Å². The van der Waals surface area contributed by atoms with E-state index in [-0.39, 0.29) is 31.7 Å². The fraction of sp³-hybridized carbons (Fsp3) is 1.00. The molecule has 0 saturated carbocycles. The Hall–Kier alpha value is 0.0174. The Morgan fingerprint density at radius 1 is 1.10 bits per heavy atom. The van der Waals surface area contributed by atoms with Crippen LogP contribution in [0.25, 0.3) is 0 Å². The molecule has 0 aliphatic heterocycles. The Kier molecular flexibility index (Phi) is 7.64. The molecular formula is C8H10F7LiO3S. The van der Waals surface area contributed by atoms with Crippen LogP contribution in [0.4, 0.5) is 30.7 Å². The van der Waals surface area contributed by atoms with Crippen molar-refractivity contribution >= 4 is 10.1 Å². The molecule has 1 atom stereocenters. The van der Waals surface area contributed by atoms with Crippen molar-refractivity contribution in [2.75, 3.05) is 0 Å². The first-order valence-electron chi connectivity index (χ1n) is 4.96. The minimum Gasteiger partial charge on any atom is -0.743 e. The third kappa shape index (κ3) is 3.81. The van der Waals surface area contributed by atoms with Crippen molar-refractivity contribution in [1.29, 1.82) is 0 Å². The first-order chi connectivity index (χ1) is 8.23. The molecule has 0 bridgehead atoms. The van der Waals surface area contributed by atoms with E-state index in [2.05, 4.69) is 0 Å². The van der Waals surface area contributed by atoms with E-state index in [1.165, 1.54) is 6.92 Å². The molecule has 0 heterocycles. The van der Waals surface area contributed by atoms with Crippen LogP contribution in [0.15, 0.2) is 0 Å². The summed E-state index contributed by atoms with van der Waals surface area (Å²) in [7, 11) is -7.08. The maximum Gasteiger partial charge on any atom is 1.00 e. The fourth-order valence-electron chi connectivity index (χ4n) is 1.11. The van der Waals surface area contributed by atoms with E-state index in [0.29, 0.717) is 0 Å². The maximum absolute atomic E-state index is 12.9. The molecule has 0 saturated heterocycles. The van der Waals surface area contributed by atoms with Gasteiger partial charge in [-0.1, -0.05) is 19.8 Å². The molecule has 0 rings (SSSR count). The quantitative estimate of drug-likeness (QED) is 0.374. The van der Waals surface area contributed by atoms with Crippen molar-refractivity contribution in [1.82, 2.24) is 0 Å². The van der Waals surface area contributed by atoms with Crippen LogP contribution in [0.5, 0.6) is 0 Å². The summed E-state index contributed by atoms with van der Waals surface area (Å²) in [6.45, 7) is 1.40. The second kappa shape index (κ2) is 6.85. The van der Waals surface area contributed by atoms with Crippen LogP contribution in [0.3, 0.4) is 0 Å². The fourth-order valence-corrected chi connectivity index (χ4v) is 1.56. The van der Waals surface area contributed by atoms with Crippen LogP contribution in [0.2, 0.25) is 0 Å². The number of unbranched alkanes of at least 4 members (excludes halogenated alkanes) is 1. The van der Waals surface area contributed by atoms with Crippen LogP contribution in [0, 0.1) is 0 Å². The molecule has 0 aromatic heterocycles. The Bertz CT molecular complexity index is 412. The van der Waals surface area contributed by atoms with Gasteiger partial charge in [0.15, 0.2) is 16.3 Å². The van der Waals surface area contributed by atoms with E-state index in [4.69, 9.17) is 0 Å². The second-order valence-corrected chi connectivity index (χ2v) is 5.20. The average Bonchev–Trinajstić information content (AvgIpc) is 2.23. The van der Waals surface area contributed by atoms with Gasteiger partial charge in [-0.3, -0.25) is 0 Å². The van der Waals surface area contributed by atoms with Crippen LogP contribution in [-0.4, -0.2) is 36.2 Å². The summed E-state index contributed by atoms with van der Waals surface area (Å²) in [6.07, 6.45) is -5.05. The van der Waals surface area contributed by atoms with Gasteiger partial charge in [-0.2, -0.15) is 26.3 Å². The second-order valence-electron chi connectivity index (χ2n) is 3.78. The van der Waals surface area contributed by atoms with Gasteiger partial charge in [0, 0.05) is 0 Å². The zero-order valence-corrected chi connectivity index (χ0v) is 11.3. The molecule has 3 nitrogen and oxygen atoms in total. The standard InChI is InChI=1S/C8H11F7O3S.Li/c1-2-3-4-5(9)6(10,11)7(12,13)8(14,15)19(16,17)18;/h5H,2-4H2,1H3,(H,16,17,18);/q;+1/p-1. The number of rotatable bonds is 7. The maximum atomic E-state index is 12.9. The minimum atomic E-state index is -7.08. The van der Waals surface area contributed by atoms with Gasteiger partial charge in [0.05, 0.1) is 0 Å². The van der Waals surface area contributed by atoms with Crippen LogP contribution < -0.4 is 18.9 Å². The smallest absolute Gasteiger partial charge is 0.743 e. The molecule has 0 aliphatic carbocycles. The SMILES string of the molecule is CCCCC(F)C(F)(F)C(F)(F)C(F)(F)S(=O)(=O)[O-].[Li+]. The predicted octanol–water partition coefficient (Wildman–Crippen LogP) is -0.0727. The summed E-state index contributed by atoms with van der Waals surface area (Å²) in [6, 6.07) is 0. The van der Waals surface area contributed by atoms with Gasteiger partial charge in [0.1, 0.15) is 0 Å². The molecule has 116 valence electrons. The Labute approximate surface area is 122 Å². The van der Waals surface area contributed by atoms with E-state index < -0.39 is 39.8 Å². The van der Waals surface area contributed by atoms with Crippen molar-refractivity contribution in [2.45, 2.75) is 49.5 Å². The van der Waals surface area contributed by atoms with Gasteiger partial charge < -0.3 is 4.55 Å². The summed E-state index contributed by atoms with van der Waals surface area (Å²) >= 11 is 0. The molecule has 0 radical (unpaired) electrons. The first-order valence-corrected chi connectivity index (χ1v) is 6.37. The molecule has 0 fully saturated rings. The van der Waals surface area contributed by atoms with Gasteiger partial charge in [0.25, 0.3) is 0 Å². The van der Waals surface area contributed by atoms with E-state index >= 15 is 0 Å². The van der Waals surface area contributed by atoms with E-state index in [1.54, 1.807) is 0 Å². The zero-order valence-electron chi connectivity index (χ0n) is 10.5. The molecule has 1 unspecified atom stereocenters. The number of halogens is 7. The Balaban J connectivity index is 0. The molecule has 12 heteroatoms. The summed E-state index contributed by atoms with van der Waals surface area (Å²) < 4.78 is 119. The summed E-state index contributed by atoms with van der Waals surface area (Å²) in [5.74, 6) is -12.6. The van der Waals surface area contributed by atoms with Crippen LogP contribution >= 0.6 is 0 Å². The third-order valence-electron chi connectivity index (χ3n) is 2.30. The monoisotopic (exact) mass is 326 g/mol. The molecule has 0 aromatic carbocycles. The van der Waals surface area contributed by atoms with Crippen molar-refractivity contribution < 1.29 is 62.6 Å². The summed E-state index contributed by atoms with van der Waals surface area (Å²) in [5.41, 5.74) is 0. The molecule has 0 aromatic rings. The van der Waals surface area contributed by atoms with Crippen molar-refractivity contribution in [3.05, 3.63) is 0 Å². The number of hydrogen-bond acceptors (Lipinski definition) is 3. The first kappa shape index (κ1) is 22.3. The zero-order chi connectivity index (χ0) is 15.7. The average molecular weight is 326 g/mol. The van der Waals surface area contributed by atoms with Crippen LogP contribution in [0.1, 0.15) is 26.2 Å². The van der Waals surface area contributed by atoms with E-state index in [0.717, 1.165) is 0 Å².